The second-order valence-corrected chi connectivity index (χ2v) is 7.69. The number of hydrogen-bond acceptors (Lipinski definition) is 5. The number of carbonyl (C=O) groups excluding carboxylic acids is 3. The number of ether oxygens (including phenoxy) is 1. The van der Waals surface area contributed by atoms with E-state index in [-0.39, 0.29) is 29.6 Å². The zero-order valence-corrected chi connectivity index (χ0v) is 17.7. The average Bonchev–Trinajstić information content (AvgIpc) is 2.70. The fraction of sp³-hybridized carbons (Fsp3) is 0.318. The molecular weight excluding hydrogens is 388 g/mol. The van der Waals surface area contributed by atoms with E-state index in [2.05, 4.69) is 10.6 Å². The number of thioether (sulfide) groups is 1. The number of amides is 2. The Balaban J connectivity index is 2.02. The summed E-state index contributed by atoms with van der Waals surface area (Å²) in [5.74, 6) is -0.507. The molecule has 2 aromatic carbocycles. The second kappa shape index (κ2) is 11.3. The fourth-order valence-electron chi connectivity index (χ4n) is 2.45. The molecular formula is C22H26N2O4S. The standard InChI is InChI=1S/C22H26N2O4S/c1-4-13-28-22(27)16-9-11-17(12-10-16)24-21(26)18-7-5-6-8-19(18)29-14-20(25)23-15(2)3/h5-12,15H,4,13-14H2,1-3H3,(H,23,25)(H,24,26). The van der Waals surface area contributed by atoms with Crippen LogP contribution in [0.25, 0.3) is 0 Å². The predicted molar refractivity (Wildman–Crippen MR) is 115 cm³/mol. The third kappa shape index (κ3) is 7.27. The Hall–Kier alpha value is -2.80. The van der Waals surface area contributed by atoms with E-state index in [1.54, 1.807) is 36.4 Å². The van der Waals surface area contributed by atoms with E-state index in [0.717, 1.165) is 11.3 Å². The first-order valence-electron chi connectivity index (χ1n) is 9.50. The maximum atomic E-state index is 12.7. The van der Waals surface area contributed by atoms with Crippen LogP contribution in [0.15, 0.2) is 53.4 Å². The summed E-state index contributed by atoms with van der Waals surface area (Å²) in [6.45, 7) is 6.11. The number of rotatable bonds is 9. The van der Waals surface area contributed by atoms with Crippen molar-refractivity contribution in [1.29, 1.82) is 0 Å². The lowest BCUT2D eigenvalue weighted by Gasteiger charge is -2.11. The van der Waals surface area contributed by atoms with Gasteiger partial charge in [-0.3, -0.25) is 9.59 Å². The van der Waals surface area contributed by atoms with Gasteiger partial charge in [-0.25, -0.2) is 4.79 Å². The molecule has 2 rings (SSSR count). The van der Waals surface area contributed by atoms with Gasteiger partial charge in [0.25, 0.3) is 5.91 Å². The van der Waals surface area contributed by atoms with Gasteiger partial charge in [-0.15, -0.1) is 11.8 Å². The molecule has 0 aromatic heterocycles. The third-order valence-electron chi connectivity index (χ3n) is 3.76. The van der Waals surface area contributed by atoms with E-state index in [1.807, 2.05) is 32.9 Å². The minimum absolute atomic E-state index is 0.0730. The Morgan fingerprint density at radius 2 is 1.72 bits per heavy atom. The maximum absolute atomic E-state index is 12.7. The normalized spacial score (nSPS) is 10.5. The monoisotopic (exact) mass is 414 g/mol. The molecule has 6 nitrogen and oxygen atoms in total. The van der Waals surface area contributed by atoms with E-state index >= 15 is 0 Å². The average molecular weight is 415 g/mol. The van der Waals surface area contributed by atoms with Gasteiger partial charge in [0.1, 0.15) is 0 Å². The Kier molecular flexibility index (Phi) is 8.73. The summed E-state index contributed by atoms with van der Waals surface area (Å²) in [5, 5.41) is 5.65. The van der Waals surface area contributed by atoms with E-state index in [0.29, 0.717) is 23.4 Å². The lowest BCUT2D eigenvalue weighted by Crippen LogP contribution is -2.31. The van der Waals surface area contributed by atoms with Gasteiger partial charge in [0.2, 0.25) is 5.91 Å². The molecule has 0 aliphatic carbocycles. The second-order valence-electron chi connectivity index (χ2n) is 6.67. The van der Waals surface area contributed by atoms with Gasteiger partial charge in [0.05, 0.1) is 23.5 Å². The first-order valence-corrected chi connectivity index (χ1v) is 10.5. The highest BCUT2D eigenvalue weighted by Gasteiger charge is 2.14. The van der Waals surface area contributed by atoms with Crippen molar-refractivity contribution in [2.45, 2.75) is 38.1 Å². The third-order valence-corrected chi connectivity index (χ3v) is 4.83. The predicted octanol–water partition coefficient (Wildman–Crippen LogP) is 4.12. The fourth-order valence-corrected chi connectivity index (χ4v) is 3.31. The molecule has 0 aliphatic rings. The van der Waals surface area contributed by atoms with Gasteiger partial charge in [-0.1, -0.05) is 19.1 Å². The van der Waals surface area contributed by atoms with Crippen molar-refractivity contribution in [3.8, 4) is 0 Å². The molecule has 2 N–H and O–H groups in total. The van der Waals surface area contributed by atoms with Crippen LogP contribution in [-0.2, 0) is 9.53 Å². The summed E-state index contributed by atoms with van der Waals surface area (Å²) in [7, 11) is 0. The van der Waals surface area contributed by atoms with Gasteiger partial charge < -0.3 is 15.4 Å². The number of nitrogens with one attached hydrogen (secondary N) is 2. The molecule has 0 unspecified atom stereocenters. The van der Waals surface area contributed by atoms with E-state index in [4.69, 9.17) is 4.74 Å². The van der Waals surface area contributed by atoms with Crippen molar-refractivity contribution in [1.82, 2.24) is 5.32 Å². The Labute approximate surface area is 175 Å². The van der Waals surface area contributed by atoms with Crippen molar-refractivity contribution < 1.29 is 19.1 Å². The summed E-state index contributed by atoms with van der Waals surface area (Å²) >= 11 is 1.32. The number of hydrogen-bond donors (Lipinski definition) is 2. The van der Waals surface area contributed by atoms with Gasteiger partial charge in [-0.05, 0) is 56.7 Å². The minimum atomic E-state index is -0.383. The molecule has 0 radical (unpaired) electrons. The van der Waals surface area contributed by atoms with Gasteiger partial charge >= 0.3 is 5.97 Å². The highest BCUT2D eigenvalue weighted by atomic mass is 32.2. The first kappa shape index (κ1) is 22.5. The van der Waals surface area contributed by atoms with Crippen molar-refractivity contribution in [3.63, 3.8) is 0 Å². The summed E-state index contributed by atoms with van der Waals surface area (Å²) < 4.78 is 5.09. The molecule has 0 spiro atoms. The molecule has 154 valence electrons. The Bertz CT molecular complexity index is 850. The molecule has 0 heterocycles. The topological polar surface area (TPSA) is 84.5 Å². The summed E-state index contributed by atoms with van der Waals surface area (Å²) in [6.07, 6.45) is 0.760. The van der Waals surface area contributed by atoms with Gasteiger partial charge in [-0.2, -0.15) is 0 Å². The molecule has 2 aromatic rings. The molecule has 7 heteroatoms. The highest BCUT2D eigenvalue weighted by molar-refractivity contribution is 8.00. The quantitative estimate of drug-likeness (QED) is 0.476. The number of anilines is 1. The number of carbonyl (C=O) groups is 3. The van der Waals surface area contributed by atoms with Crippen LogP contribution in [0.2, 0.25) is 0 Å². The van der Waals surface area contributed by atoms with Crippen LogP contribution in [0, 0.1) is 0 Å². The molecule has 2 amide bonds. The first-order chi connectivity index (χ1) is 13.9. The summed E-state index contributed by atoms with van der Waals surface area (Å²) in [4.78, 5) is 37.2. The van der Waals surface area contributed by atoms with Crippen molar-refractivity contribution in [2.75, 3.05) is 17.7 Å². The summed E-state index contributed by atoms with van der Waals surface area (Å²) in [5.41, 5.74) is 1.49. The highest BCUT2D eigenvalue weighted by Crippen LogP contribution is 2.23. The van der Waals surface area contributed by atoms with Gasteiger partial charge in [0.15, 0.2) is 0 Å². The minimum Gasteiger partial charge on any atom is -0.462 e. The van der Waals surface area contributed by atoms with Crippen LogP contribution in [0.5, 0.6) is 0 Å². The maximum Gasteiger partial charge on any atom is 0.338 e. The molecule has 0 atom stereocenters. The molecule has 0 fully saturated rings. The van der Waals surface area contributed by atoms with Crippen LogP contribution in [0.1, 0.15) is 47.9 Å². The largest absolute Gasteiger partial charge is 0.462 e. The number of benzene rings is 2. The van der Waals surface area contributed by atoms with Crippen LogP contribution in [0.3, 0.4) is 0 Å². The Morgan fingerprint density at radius 3 is 2.38 bits per heavy atom. The lowest BCUT2D eigenvalue weighted by atomic mass is 10.2. The molecule has 0 bridgehead atoms. The van der Waals surface area contributed by atoms with Crippen molar-refractivity contribution >= 4 is 35.2 Å². The van der Waals surface area contributed by atoms with Crippen LogP contribution >= 0.6 is 11.8 Å². The summed E-state index contributed by atoms with van der Waals surface area (Å²) in [6, 6.07) is 13.8. The zero-order chi connectivity index (χ0) is 21.2. The number of esters is 1. The smallest absolute Gasteiger partial charge is 0.338 e. The van der Waals surface area contributed by atoms with Crippen LogP contribution in [-0.4, -0.2) is 36.2 Å². The van der Waals surface area contributed by atoms with Crippen LogP contribution in [0.4, 0.5) is 5.69 Å². The molecule has 0 aliphatic heterocycles. The molecule has 29 heavy (non-hydrogen) atoms. The lowest BCUT2D eigenvalue weighted by molar-refractivity contribution is -0.119. The van der Waals surface area contributed by atoms with Crippen molar-refractivity contribution in [3.05, 3.63) is 59.7 Å². The molecule has 0 saturated heterocycles. The molecule has 0 saturated carbocycles. The SMILES string of the molecule is CCCOC(=O)c1ccc(NC(=O)c2ccccc2SCC(=O)NC(C)C)cc1. The van der Waals surface area contributed by atoms with E-state index in [1.165, 1.54) is 11.8 Å². The van der Waals surface area contributed by atoms with Gasteiger partial charge in [0, 0.05) is 16.6 Å². The Morgan fingerprint density at radius 1 is 1.03 bits per heavy atom. The van der Waals surface area contributed by atoms with E-state index in [9.17, 15) is 14.4 Å². The van der Waals surface area contributed by atoms with Crippen molar-refractivity contribution in [2.24, 2.45) is 0 Å². The van der Waals surface area contributed by atoms with Crippen LogP contribution < -0.4 is 10.6 Å². The van der Waals surface area contributed by atoms with E-state index < -0.39 is 0 Å². The zero-order valence-electron chi connectivity index (χ0n) is 16.9.